The summed E-state index contributed by atoms with van der Waals surface area (Å²) in [6, 6.07) is 5.55. The van der Waals surface area contributed by atoms with Crippen molar-refractivity contribution >= 4 is 55.9 Å². The number of benzene rings is 1. The molecule has 13 heavy (non-hydrogen) atoms. The van der Waals surface area contributed by atoms with Gasteiger partial charge >= 0.3 is 0 Å². The van der Waals surface area contributed by atoms with Crippen molar-refractivity contribution in [2.24, 2.45) is 0 Å². The summed E-state index contributed by atoms with van der Waals surface area (Å²) < 4.78 is 1.92. The maximum absolute atomic E-state index is 11.5. The number of ketones is 1. The molecule has 1 atom stereocenters. The van der Waals surface area contributed by atoms with E-state index in [2.05, 4.69) is 38.5 Å². The number of hydrogen-bond donors (Lipinski definition) is 0. The van der Waals surface area contributed by atoms with Crippen LogP contribution in [0.25, 0.3) is 0 Å². The van der Waals surface area contributed by atoms with Gasteiger partial charge in [0, 0.05) is 13.6 Å². The van der Waals surface area contributed by atoms with Crippen LogP contribution in [-0.4, -0.2) is 11.2 Å². The zero-order valence-electron chi connectivity index (χ0n) is 6.85. The summed E-state index contributed by atoms with van der Waals surface area (Å²) in [6.45, 7) is 1.68. The third-order valence-electron chi connectivity index (χ3n) is 1.51. The van der Waals surface area contributed by atoms with Gasteiger partial charge in [-0.3, -0.25) is 4.79 Å². The van der Waals surface area contributed by atoms with Crippen molar-refractivity contribution in [1.82, 2.24) is 0 Å². The van der Waals surface area contributed by atoms with E-state index in [1.165, 1.54) is 0 Å². The first kappa shape index (κ1) is 11.5. The number of alkyl halides is 1. The van der Waals surface area contributed by atoms with Gasteiger partial charge < -0.3 is 0 Å². The minimum atomic E-state index is -0.468. The Morgan fingerprint density at radius 1 is 1.54 bits per heavy atom. The number of Topliss-reactive ketones (excluding diaryl/α,β-unsaturated/α-hetero) is 1. The predicted molar refractivity (Wildman–Crippen MR) is 66.5 cm³/mol. The van der Waals surface area contributed by atoms with E-state index in [1.54, 1.807) is 13.0 Å². The molecule has 0 fully saturated rings. The minimum absolute atomic E-state index is 0.0408. The first-order valence-corrected chi connectivity index (χ1v) is 5.96. The smallest absolute Gasteiger partial charge is 0.180 e. The average Bonchev–Trinajstić information content (AvgIpc) is 2.01. The highest BCUT2D eigenvalue weighted by atomic mass is 127. The van der Waals surface area contributed by atoms with Gasteiger partial charge in [-0.25, -0.2) is 0 Å². The summed E-state index contributed by atoms with van der Waals surface area (Å²) in [6.07, 6.45) is 0. The summed E-state index contributed by atoms with van der Waals surface area (Å²) in [7, 11) is 0. The van der Waals surface area contributed by atoms with E-state index in [0.29, 0.717) is 5.56 Å². The Morgan fingerprint density at radius 3 is 2.62 bits per heavy atom. The normalized spacial score (nSPS) is 12.6. The molecular formula is C9H7BrClIO. The molecule has 0 spiro atoms. The molecule has 70 valence electrons. The van der Waals surface area contributed by atoms with E-state index in [0.717, 1.165) is 8.04 Å². The van der Waals surface area contributed by atoms with Crippen LogP contribution in [0.5, 0.6) is 0 Å². The summed E-state index contributed by atoms with van der Waals surface area (Å²) in [5, 5.41) is -0.468. The molecule has 1 aromatic rings. The molecule has 0 aliphatic carbocycles. The van der Waals surface area contributed by atoms with Crippen LogP contribution in [0, 0.1) is 3.57 Å². The monoisotopic (exact) mass is 372 g/mol. The van der Waals surface area contributed by atoms with Gasteiger partial charge in [0.05, 0.1) is 5.38 Å². The molecule has 0 aliphatic rings. The van der Waals surface area contributed by atoms with Crippen LogP contribution in [0.15, 0.2) is 22.7 Å². The van der Waals surface area contributed by atoms with Gasteiger partial charge in [0.1, 0.15) is 0 Å². The van der Waals surface area contributed by atoms with Gasteiger partial charge in [-0.1, -0.05) is 15.9 Å². The summed E-state index contributed by atoms with van der Waals surface area (Å²) in [4.78, 5) is 11.5. The van der Waals surface area contributed by atoms with E-state index in [-0.39, 0.29) is 5.78 Å². The standard InChI is InChI=1S/C9H7BrClIO/c1-5(11)9(13)6-2-7(10)4-8(12)3-6/h2-5H,1H3. The lowest BCUT2D eigenvalue weighted by Crippen LogP contribution is -2.10. The van der Waals surface area contributed by atoms with Crippen molar-refractivity contribution in [3.63, 3.8) is 0 Å². The van der Waals surface area contributed by atoms with Crippen LogP contribution in [0.4, 0.5) is 0 Å². The number of carbonyl (C=O) groups is 1. The predicted octanol–water partition coefficient (Wildman–Crippen LogP) is 3.86. The summed E-state index contributed by atoms with van der Waals surface area (Å²) in [5.41, 5.74) is 0.654. The molecule has 1 aromatic carbocycles. The second-order valence-corrected chi connectivity index (χ2v) is 5.45. The van der Waals surface area contributed by atoms with E-state index in [4.69, 9.17) is 11.6 Å². The topological polar surface area (TPSA) is 17.1 Å². The molecule has 0 saturated carbocycles. The first-order chi connectivity index (χ1) is 6.00. The molecule has 1 unspecified atom stereocenters. The van der Waals surface area contributed by atoms with Crippen LogP contribution >= 0.6 is 50.1 Å². The minimum Gasteiger partial charge on any atom is -0.293 e. The van der Waals surface area contributed by atoms with Crippen molar-refractivity contribution in [3.05, 3.63) is 31.8 Å². The van der Waals surface area contributed by atoms with Gasteiger partial charge in [0.2, 0.25) is 0 Å². The SMILES string of the molecule is CC(Cl)C(=O)c1cc(Br)cc(I)c1. The Morgan fingerprint density at radius 2 is 2.15 bits per heavy atom. The molecule has 0 N–H and O–H groups in total. The fourth-order valence-corrected chi connectivity index (χ4v) is 2.64. The highest BCUT2D eigenvalue weighted by Crippen LogP contribution is 2.19. The molecular weight excluding hydrogens is 366 g/mol. The van der Waals surface area contributed by atoms with E-state index >= 15 is 0 Å². The lowest BCUT2D eigenvalue weighted by Gasteiger charge is -2.03. The van der Waals surface area contributed by atoms with Crippen molar-refractivity contribution < 1.29 is 4.79 Å². The largest absolute Gasteiger partial charge is 0.293 e. The van der Waals surface area contributed by atoms with Crippen molar-refractivity contribution in [2.75, 3.05) is 0 Å². The van der Waals surface area contributed by atoms with Crippen molar-refractivity contribution in [1.29, 1.82) is 0 Å². The Hall–Kier alpha value is 0.390. The zero-order valence-corrected chi connectivity index (χ0v) is 11.4. The first-order valence-electron chi connectivity index (χ1n) is 3.65. The van der Waals surface area contributed by atoms with Crippen molar-refractivity contribution in [2.45, 2.75) is 12.3 Å². The van der Waals surface area contributed by atoms with Gasteiger partial charge in [-0.05, 0) is 47.7 Å². The van der Waals surface area contributed by atoms with Crippen LogP contribution in [0.3, 0.4) is 0 Å². The molecule has 0 bridgehead atoms. The molecule has 0 aromatic heterocycles. The van der Waals surface area contributed by atoms with Gasteiger partial charge in [0.25, 0.3) is 0 Å². The lowest BCUT2D eigenvalue weighted by atomic mass is 10.1. The third kappa shape index (κ3) is 3.22. The second-order valence-electron chi connectivity index (χ2n) is 2.64. The summed E-state index contributed by atoms with van der Waals surface area (Å²) >= 11 is 11.2. The highest BCUT2D eigenvalue weighted by Gasteiger charge is 2.12. The maximum Gasteiger partial charge on any atom is 0.180 e. The lowest BCUT2D eigenvalue weighted by molar-refractivity contribution is 0.0991. The van der Waals surface area contributed by atoms with Crippen LogP contribution in [0.2, 0.25) is 0 Å². The highest BCUT2D eigenvalue weighted by molar-refractivity contribution is 14.1. The Kier molecular flexibility index (Phi) is 4.19. The number of carbonyl (C=O) groups excluding carboxylic acids is 1. The third-order valence-corrected chi connectivity index (χ3v) is 2.79. The number of rotatable bonds is 2. The van der Waals surface area contributed by atoms with Gasteiger partial charge in [-0.15, -0.1) is 11.6 Å². The van der Waals surface area contributed by atoms with E-state index in [9.17, 15) is 4.79 Å². The zero-order chi connectivity index (χ0) is 10.0. The molecule has 1 nitrogen and oxygen atoms in total. The summed E-state index contributed by atoms with van der Waals surface area (Å²) in [5.74, 6) is -0.0408. The van der Waals surface area contributed by atoms with Crippen molar-refractivity contribution in [3.8, 4) is 0 Å². The fourth-order valence-electron chi connectivity index (χ4n) is 0.926. The fraction of sp³-hybridized carbons (Fsp3) is 0.222. The van der Waals surface area contributed by atoms with Crippen LogP contribution < -0.4 is 0 Å². The average molecular weight is 373 g/mol. The Bertz CT molecular complexity index is 318. The van der Waals surface area contributed by atoms with Crippen LogP contribution in [-0.2, 0) is 0 Å². The van der Waals surface area contributed by atoms with Crippen LogP contribution in [0.1, 0.15) is 17.3 Å². The molecule has 0 aliphatic heterocycles. The van der Waals surface area contributed by atoms with Gasteiger partial charge in [-0.2, -0.15) is 0 Å². The van der Waals surface area contributed by atoms with E-state index in [1.807, 2.05) is 12.1 Å². The molecule has 4 heteroatoms. The molecule has 1 rings (SSSR count). The Labute approximate surface area is 104 Å². The van der Waals surface area contributed by atoms with E-state index < -0.39 is 5.38 Å². The van der Waals surface area contributed by atoms with Gasteiger partial charge in [0.15, 0.2) is 5.78 Å². The molecule has 0 saturated heterocycles. The molecule has 0 heterocycles. The molecule has 0 radical (unpaired) electrons. The maximum atomic E-state index is 11.5. The number of hydrogen-bond acceptors (Lipinski definition) is 1. The quantitative estimate of drug-likeness (QED) is 0.437. The second kappa shape index (κ2) is 4.75. The number of halogens is 3. The molecule has 0 amide bonds. The Balaban J connectivity index is 3.08.